The van der Waals surface area contributed by atoms with Gasteiger partial charge in [-0.25, -0.2) is 0 Å². The van der Waals surface area contributed by atoms with Crippen LogP contribution in [-0.2, 0) is 0 Å². The summed E-state index contributed by atoms with van der Waals surface area (Å²) in [5, 5.41) is 2.42. The van der Waals surface area contributed by atoms with Gasteiger partial charge in [0, 0.05) is 6.20 Å². The molecule has 1 aromatic rings. The number of hydrogen-bond acceptors (Lipinski definition) is 1. The zero-order valence-corrected chi connectivity index (χ0v) is 7.49. The lowest BCUT2D eigenvalue weighted by molar-refractivity contribution is 0.606. The second kappa shape index (κ2) is 2.74. The van der Waals surface area contributed by atoms with E-state index in [4.69, 9.17) is 0 Å². The molecule has 1 aromatic heterocycles. The molecule has 0 aliphatic heterocycles. The Labute approximate surface area is 72.5 Å². The van der Waals surface area contributed by atoms with Crippen molar-refractivity contribution in [1.82, 2.24) is 4.98 Å². The van der Waals surface area contributed by atoms with E-state index in [2.05, 4.69) is 37.0 Å². The molecular weight excluding hydrogens is 146 g/mol. The van der Waals surface area contributed by atoms with E-state index in [1.807, 2.05) is 12.3 Å². The predicted molar refractivity (Wildman–Crippen MR) is 50.7 cm³/mol. The van der Waals surface area contributed by atoms with Gasteiger partial charge in [0.1, 0.15) is 0 Å². The Balaban J connectivity index is 2.70. The van der Waals surface area contributed by atoms with Crippen molar-refractivity contribution >= 4 is 12.2 Å². The normalized spacial score (nSPS) is 26.8. The van der Waals surface area contributed by atoms with Gasteiger partial charge in [0.15, 0.2) is 0 Å². The van der Waals surface area contributed by atoms with Crippen LogP contribution in [0.15, 0.2) is 18.3 Å². The van der Waals surface area contributed by atoms with Crippen LogP contribution in [0.2, 0.25) is 0 Å². The van der Waals surface area contributed by atoms with Gasteiger partial charge in [-0.05, 0) is 23.1 Å². The molecule has 1 nitrogen and oxygen atoms in total. The lowest BCUT2D eigenvalue weighted by Crippen LogP contribution is -2.33. The minimum absolute atomic E-state index is 0.618. The van der Waals surface area contributed by atoms with Crippen LogP contribution >= 0.6 is 0 Å². The molecule has 0 spiro atoms. The van der Waals surface area contributed by atoms with Crippen molar-refractivity contribution in [3.8, 4) is 0 Å². The Morgan fingerprint density at radius 3 is 2.75 bits per heavy atom. The third kappa shape index (κ3) is 1.15. The van der Waals surface area contributed by atoms with Gasteiger partial charge in [0.2, 0.25) is 0 Å². The van der Waals surface area contributed by atoms with Crippen LogP contribution in [0, 0.1) is 11.8 Å². The standard InChI is InChI=1S/C11H13N/c1-8-6-10-4-3-5-12-11(10)7-9(8)2/h3-9H,1-2H3. The molecular formula is C11H13N. The maximum atomic E-state index is 4.32. The molecule has 0 fully saturated rings. The molecule has 2 rings (SSSR count). The van der Waals surface area contributed by atoms with E-state index in [1.54, 1.807) is 0 Å². The van der Waals surface area contributed by atoms with Crippen LogP contribution in [0.5, 0.6) is 0 Å². The number of hydrogen-bond donors (Lipinski definition) is 0. The first-order chi connectivity index (χ1) is 5.77. The van der Waals surface area contributed by atoms with Gasteiger partial charge in [-0.3, -0.25) is 4.98 Å². The highest BCUT2D eigenvalue weighted by Gasteiger charge is 2.09. The van der Waals surface area contributed by atoms with Crippen LogP contribution in [-0.4, -0.2) is 4.98 Å². The molecule has 62 valence electrons. The van der Waals surface area contributed by atoms with Gasteiger partial charge in [-0.1, -0.05) is 32.1 Å². The molecule has 1 aliphatic carbocycles. The Kier molecular flexibility index (Phi) is 1.72. The van der Waals surface area contributed by atoms with Gasteiger partial charge >= 0.3 is 0 Å². The SMILES string of the molecule is CC1C=c2cccnc2=CC1C. The summed E-state index contributed by atoms with van der Waals surface area (Å²) in [5.41, 5.74) is 0. The minimum Gasteiger partial charge on any atom is -0.257 e. The molecule has 0 radical (unpaired) electrons. The lowest BCUT2D eigenvalue weighted by atomic mass is 9.91. The average molecular weight is 159 g/mol. The number of nitrogens with zero attached hydrogens (tertiary/aromatic N) is 1. The van der Waals surface area contributed by atoms with E-state index in [-0.39, 0.29) is 0 Å². The quantitative estimate of drug-likeness (QED) is 0.548. The second-order valence-electron chi connectivity index (χ2n) is 3.53. The van der Waals surface area contributed by atoms with Gasteiger partial charge < -0.3 is 0 Å². The first-order valence-electron chi connectivity index (χ1n) is 4.42. The van der Waals surface area contributed by atoms with Gasteiger partial charge in [0.25, 0.3) is 0 Å². The summed E-state index contributed by atoms with van der Waals surface area (Å²) < 4.78 is 0. The maximum Gasteiger partial charge on any atom is 0.0661 e. The largest absolute Gasteiger partial charge is 0.257 e. The highest BCUT2D eigenvalue weighted by Crippen LogP contribution is 2.14. The predicted octanol–water partition coefficient (Wildman–Crippen LogP) is 0.928. The first kappa shape index (κ1) is 7.53. The van der Waals surface area contributed by atoms with Gasteiger partial charge in [-0.15, -0.1) is 0 Å². The molecule has 2 unspecified atom stereocenters. The lowest BCUT2D eigenvalue weighted by Gasteiger charge is -2.15. The van der Waals surface area contributed by atoms with Crippen molar-refractivity contribution in [2.75, 3.05) is 0 Å². The smallest absolute Gasteiger partial charge is 0.0661 e. The van der Waals surface area contributed by atoms with Gasteiger partial charge in [0.05, 0.1) is 5.35 Å². The maximum absolute atomic E-state index is 4.32. The molecule has 0 amide bonds. The third-order valence-electron chi connectivity index (χ3n) is 2.56. The monoisotopic (exact) mass is 159 g/mol. The summed E-state index contributed by atoms with van der Waals surface area (Å²) in [6.45, 7) is 4.48. The van der Waals surface area contributed by atoms with E-state index in [1.165, 1.54) is 5.22 Å². The highest BCUT2D eigenvalue weighted by molar-refractivity contribution is 5.39. The fourth-order valence-electron chi connectivity index (χ4n) is 1.55. The number of fused-ring (bicyclic) bond motifs is 1. The zero-order chi connectivity index (χ0) is 8.55. The van der Waals surface area contributed by atoms with Crippen LogP contribution in [0.25, 0.3) is 12.2 Å². The highest BCUT2D eigenvalue weighted by atomic mass is 14.6. The van der Waals surface area contributed by atoms with Crippen LogP contribution in [0.4, 0.5) is 0 Å². The molecule has 1 aliphatic rings. The average Bonchev–Trinajstić information content (AvgIpc) is 2.07. The van der Waals surface area contributed by atoms with Crippen molar-refractivity contribution in [2.24, 2.45) is 11.8 Å². The van der Waals surface area contributed by atoms with Crippen LogP contribution < -0.4 is 10.6 Å². The summed E-state index contributed by atoms with van der Waals surface area (Å²) in [7, 11) is 0. The summed E-state index contributed by atoms with van der Waals surface area (Å²) >= 11 is 0. The number of pyridine rings is 1. The molecule has 0 saturated carbocycles. The molecule has 12 heavy (non-hydrogen) atoms. The van der Waals surface area contributed by atoms with Gasteiger partial charge in [-0.2, -0.15) is 0 Å². The van der Waals surface area contributed by atoms with E-state index >= 15 is 0 Å². The molecule has 0 aromatic carbocycles. The van der Waals surface area contributed by atoms with E-state index in [0.717, 1.165) is 5.35 Å². The van der Waals surface area contributed by atoms with Crippen molar-refractivity contribution in [1.29, 1.82) is 0 Å². The summed E-state index contributed by atoms with van der Waals surface area (Å²) in [6.07, 6.45) is 6.40. The van der Waals surface area contributed by atoms with Crippen molar-refractivity contribution in [3.05, 3.63) is 28.9 Å². The topological polar surface area (TPSA) is 12.9 Å². The zero-order valence-electron chi connectivity index (χ0n) is 7.49. The van der Waals surface area contributed by atoms with Crippen molar-refractivity contribution in [2.45, 2.75) is 13.8 Å². The molecule has 0 saturated heterocycles. The van der Waals surface area contributed by atoms with Crippen molar-refractivity contribution < 1.29 is 0 Å². The second-order valence-corrected chi connectivity index (χ2v) is 3.53. The molecule has 1 heteroatoms. The first-order valence-corrected chi connectivity index (χ1v) is 4.42. The Bertz CT molecular complexity index is 353. The Hall–Kier alpha value is -1.11. The number of rotatable bonds is 0. The Morgan fingerprint density at radius 2 is 1.92 bits per heavy atom. The minimum atomic E-state index is 0.618. The fourth-order valence-corrected chi connectivity index (χ4v) is 1.55. The van der Waals surface area contributed by atoms with E-state index in [0.29, 0.717) is 11.8 Å². The van der Waals surface area contributed by atoms with Crippen LogP contribution in [0.3, 0.4) is 0 Å². The molecule has 2 atom stereocenters. The summed E-state index contributed by atoms with van der Waals surface area (Å²) in [4.78, 5) is 4.32. The summed E-state index contributed by atoms with van der Waals surface area (Å²) in [5.74, 6) is 1.26. The Morgan fingerprint density at radius 1 is 1.17 bits per heavy atom. The molecule has 0 bridgehead atoms. The molecule has 0 N–H and O–H groups in total. The molecule has 1 heterocycles. The van der Waals surface area contributed by atoms with E-state index in [9.17, 15) is 0 Å². The van der Waals surface area contributed by atoms with E-state index < -0.39 is 0 Å². The number of aromatic nitrogens is 1. The summed E-state index contributed by atoms with van der Waals surface area (Å²) in [6, 6.07) is 4.12. The third-order valence-corrected chi connectivity index (χ3v) is 2.56. The van der Waals surface area contributed by atoms with Crippen LogP contribution in [0.1, 0.15) is 13.8 Å². The van der Waals surface area contributed by atoms with Crippen molar-refractivity contribution in [3.63, 3.8) is 0 Å². The fraction of sp³-hybridized carbons (Fsp3) is 0.364.